The van der Waals surface area contributed by atoms with E-state index in [-0.39, 0.29) is 11.5 Å². The molecule has 1 fully saturated rings. The average Bonchev–Trinajstić information content (AvgIpc) is 2.82. The van der Waals surface area contributed by atoms with Crippen molar-refractivity contribution in [1.29, 1.82) is 0 Å². The van der Waals surface area contributed by atoms with Crippen molar-refractivity contribution < 1.29 is 19.5 Å². The van der Waals surface area contributed by atoms with E-state index in [1.807, 2.05) is 52.0 Å². The van der Waals surface area contributed by atoms with Gasteiger partial charge in [-0.25, -0.2) is 5.48 Å². The summed E-state index contributed by atoms with van der Waals surface area (Å²) in [5.74, 6) is 0.0646. The standard InChI is InChI=1S/C18H26N2O4/c1-12(15(21)19-23)20-11-10-18(5,16(20)22)13-6-8-14(9-7-13)24-17(2,3)4/h6-9,12,23H,10-11H2,1-5H3,(H,19,21)/t12-,18+/m1/s1. The second-order valence-corrected chi connectivity index (χ2v) is 7.47. The van der Waals surface area contributed by atoms with Gasteiger partial charge in [0.15, 0.2) is 0 Å². The molecule has 1 aliphatic heterocycles. The first-order valence-electron chi connectivity index (χ1n) is 8.13. The summed E-state index contributed by atoms with van der Waals surface area (Å²) in [6.07, 6.45) is 0.619. The van der Waals surface area contributed by atoms with Crippen molar-refractivity contribution in [2.75, 3.05) is 6.54 Å². The van der Waals surface area contributed by atoms with Gasteiger partial charge in [-0.1, -0.05) is 12.1 Å². The summed E-state index contributed by atoms with van der Waals surface area (Å²) in [5.41, 5.74) is 1.55. The van der Waals surface area contributed by atoms with Crippen LogP contribution in [0.2, 0.25) is 0 Å². The number of likely N-dealkylation sites (tertiary alicyclic amines) is 1. The summed E-state index contributed by atoms with van der Waals surface area (Å²) in [4.78, 5) is 25.9. The molecule has 0 bridgehead atoms. The molecule has 1 aliphatic rings. The predicted molar refractivity (Wildman–Crippen MR) is 89.9 cm³/mol. The molecule has 0 unspecified atom stereocenters. The minimum Gasteiger partial charge on any atom is -0.488 e. The van der Waals surface area contributed by atoms with Gasteiger partial charge in [0.1, 0.15) is 17.4 Å². The number of hydrogen-bond donors (Lipinski definition) is 2. The molecule has 132 valence electrons. The Balaban J connectivity index is 2.19. The second kappa shape index (κ2) is 6.43. The van der Waals surface area contributed by atoms with Crippen LogP contribution >= 0.6 is 0 Å². The summed E-state index contributed by atoms with van der Waals surface area (Å²) in [5, 5.41) is 8.77. The van der Waals surface area contributed by atoms with Gasteiger partial charge < -0.3 is 9.64 Å². The van der Waals surface area contributed by atoms with Crippen molar-refractivity contribution >= 4 is 11.8 Å². The van der Waals surface area contributed by atoms with E-state index < -0.39 is 17.4 Å². The van der Waals surface area contributed by atoms with Crippen LogP contribution in [-0.4, -0.2) is 40.1 Å². The highest BCUT2D eigenvalue weighted by molar-refractivity contribution is 5.94. The average molecular weight is 334 g/mol. The smallest absolute Gasteiger partial charge is 0.265 e. The lowest BCUT2D eigenvalue weighted by Gasteiger charge is -2.27. The van der Waals surface area contributed by atoms with Crippen molar-refractivity contribution in [1.82, 2.24) is 10.4 Å². The highest BCUT2D eigenvalue weighted by atomic mass is 16.5. The Morgan fingerprint density at radius 1 is 1.33 bits per heavy atom. The summed E-state index contributed by atoms with van der Waals surface area (Å²) in [6, 6.07) is 6.84. The van der Waals surface area contributed by atoms with E-state index in [4.69, 9.17) is 9.94 Å². The van der Waals surface area contributed by atoms with Gasteiger partial charge in [-0.15, -0.1) is 0 Å². The molecule has 0 saturated carbocycles. The monoisotopic (exact) mass is 334 g/mol. The van der Waals surface area contributed by atoms with E-state index >= 15 is 0 Å². The van der Waals surface area contributed by atoms with Gasteiger partial charge >= 0.3 is 0 Å². The number of nitrogens with one attached hydrogen (secondary N) is 1. The summed E-state index contributed by atoms with van der Waals surface area (Å²) in [7, 11) is 0. The Bertz CT molecular complexity index is 621. The molecular formula is C18H26N2O4. The molecule has 6 heteroatoms. The Morgan fingerprint density at radius 2 is 1.92 bits per heavy atom. The number of amides is 2. The SMILES string of the molecule is C[C@H](C(=O)NO)N1CC[C@@](C)(c2ccc(OC(C)(C)C)cc2)C1=O. The fraction of sp³-hybridized carbons (Fsp3) is 0.556. The highest BCUT2D eigenvalue weighted by Gasteiger charge is 2.46. The van der Waals surface area contributed by atoms with Gasteiger partial charge in [0.25, 0.3) is 5.91 Å². The molecule has 1 heterocycles. The zero-order chi connectivity index (χ0) is 18.1. The van der Waals surface area contributed by atoms with Gasteiger partial charge in [-0.2, -0.15) is 0 Å². The van der Waals surface area contributed by atoms with Crippen LogP contribution in [0.15, 0.2) is 24.3 Å². The minimum atomic E-state index is -0.701. The first-order chi connectivity index (χ1) is 11.1. The first-order valence-corrected chi connectivity index (χ1v) is 8.13. The number of carbonyl (C=O) groups is 2. The molecule has 6 nitrogen and oxygen atoms in total. The van der Waals surface area contributed by atoms with Crippen LogP contribution in [0.4, 0.5) is 0 Å². The molecule has 2 amide bonds. The minimum absolute atomic E-state index is 0.108. The van der Waals surface area contributed by atoms with E-state index in [1.54, 1.807) is 12.4 Å². The number of rotatable bonds is 4. The molecule has 2 atom stereocenters. The van der Waals surface area contributed by atoms with Gasteiger partial charge in [0.05, 0.1) is 5.41 Å². The number of hydroxylamine groups is 1. The zero-order valence-corrected chi connectivity index (χ0v) is 14.9. The molecule has 0 spiro atoms. The van der Waals surface area contributed by atoms with E-state index in [0.29, 0.717) is 13.0 Å². The predicted octanol–water partition coefficient (Wildman–Crippen LogP) is 2.25. The van der Waals surface area contributed by atoms with Crippen LogP contribution < -0.4 is 10.2 Å². The second-order valence-electron chi connectivity index (χ2n) is 7.47. The van der Waals surface area contributed by atoms with Crippen LogP contribution in [-0.2, 0) is 15.0 Å². The molecule has 24 heavy (non-hydrogen) atoms. The van der Waals surface area contributed by atoms with E-state index in [2.05, 4.69) is 0 Å². The third-order valence-electron chi connectivity index (χ3n) is 4.46. The van der Waals surface area contributed by atoms with E-state index in [0.717, 1.165) is 11.3 Å². The topological polar surface area (TPSA) is 78.9 Å². The normalized spacial score (nSPS) is 22.4. The summed E-state index contributed by atoms with van der Waals surface area (Å²) < 4.78 is 5.81. The number of nitrogens with zero attached hydrogens (tertiary/aromatic N) is 1. The van der Waals surface area contributed by atoms with Crippen LogP contribution in [0, 0.1) is 0 Å². The van der Waals surface area contributed by atoms with E-state index in [1.165, 1.54) is 4.90 Å². The van der Waals surface area contributed by atoms with Crippen LogP contribution in [0.3, 0.4) is 0 Å². The van der Waals surface area contributed by atoms with Crippen LogP contribution in [0.1, 0.15) is 46.6 Å². The third-order valence-corrected chi connectivity index (χ3v) is 4.46. The Kier molecular flexibility index (Phi) is 4.90. The van der Waals surface area contributed by atoms with Crippen LogP contribution in [0.25, 0.3) is 0 Å². The van der Waals surface area contributed by atoms with Gasteiger partial charge in [-0.05, 0) is 58.7 Å². The summed E-state index contributed by atoms with van der Waals surface area (Å²) >= 11 is 0. The lowest BCUT2D eigenvalue weighted by Crippen LogP contribution is -2.47. The largest absolute Gasteiger partial charge is 0.488 e. The van der Waals surface area contributed by atoms with E-state index in [9.17, 15) is 9.59 Å². The number of ether oxygens (including phenoxy) is 1. The van der Waals surface area contributed by atoms with Gasteiger partial charge in [0, 0.05) is 6.54 Å². The maximum atomic E-state index is 12.8. The molecule has 2 N–H and O–H groups in total. The molecular weight excluding hydrogens is 308 g/mol. The first kappa shape index (κ1) is 18.3. The molecule has 0 aliphatic carbocycles. The Labute approximate surface area is 142 Å². The third kappa shape index (κ3) is 3.53. The molecule has 1 saturated heterocycles. The van der Waals surface area contributed by atoms with Crippen molar-refractivity contribution in [3.63, 3.8) is 0 Å². The molecule has 1 aromatic carbocycles. The molecule has 0 radical (unpaired) electrons. The lowest BCUT2D eigenvalue weighted by molar-refractivity contribution is -0.143. The van der Waals surface area contributed by atoms with Crippen molar-refractivity contribution in [2.24, 2.45) is 0 Å². The Morgan fingerprint density at radius 3 is 2.42 bits per heavy atom. The highest BCUT2D eigenvalue weighted by Crippen LogP contribution is 2.37. The lowest BCUT2D eigenvalue weighted by atomic mass is 9.81. The fourth-order valence-electron chi connectivity index (χ4n) is 2.99. The maximum absolute atomic E-state index is 12.8. The van der Waals surface area contributed by atoms with Crippen molar-refractivity contribution in [3.05, 3.63) is 29.8 Å². The zero-order valence-electron chi connectivity index (χ0n) is 14.9. The van der Waals surface area contributed by atoms with Crippen molar-refractivity contribution in [2.45, 2.75) is 58.1 Å². The number of carbonyl (C=O) groups excluding carboxylic acids is 2. The van der Waals surface area contributed by atoms with Crippen LogP contribution in [0.5, 0.6) is 5.75 Å². The molecule has 2 rings (SSSR count). The number of benzene rings is 1. The molecule has 1 aromatic rings. The van der Waals surface area contributed by atoms with Crippen molar-refractivity contribution in [3.8, 4) is 5.75 Å². The summed E-state index contributed by atoms with van der Waals surface area (Å²) in [6.45, 7) is 9.91. The van der Waals surface area contributed by atoms with Gasteiger partial charge in [0.2, 0.25) is 5.91 Å². The number of hydrogen-bond acceptors (Lipinski definition) is 4. The molecule has 0 aromatic heterocycles. The fourth-order valence-corrected chi connectivity index (χ4v) is 2.99. The Hall–Kier alpha value is -2.08. The maximum Gasteiger partial charge on any atom is 0.265 e. The quantitative estimate of drug-likeness (QED) is 0.654. The van der Waals surface area contributed by atoms with Gasteiger partial charge in [-0.3, -0.25) is 14.8 Å².